The molecule has 1 amide bonds. The Kier molecular flexibility index (Phi) is 5.16. The molecule has 0 fully saturated rings. The smallest absolute Gasteiger partial charge is 0.279 e. The second-order valence-corrected chi connectivity index (χ2v) is 5.24. The van der Waals surface area contributed by atoms with Gasteiger partial charge in [0.25, 0.3) is 5.91 Å². The highest BCUT2D eigenvalue weighted by molar-refractivity contribution is 6.30. The Morgan fingerprint density at radius 2 is 1.91 bits per heavy atom. The Balaban J connectivity index is 1.91. The highest BCUT2D eigenvalue weighted by atomic mass is 35.5. The molecule has 0 spiro atoms. The summed E-state index contributed by atoms with van der Waals surface area (Å²) in [6, 6.07) is 8.71. The molecule has 0 saturated heterocycles. The van der Waals surface area contributed by atoms with Crippen molar-refractivity contribution in [1.29, 1.82) is 0 Å². The van der Waals surface area contributed by atoms with Gasteiger partial charge in [0.2, 0.25) is 5.95 Å². The summed E-state index contributed by atoms with van der Waals surface area (Å²) in [5, 5.41) is 0.548. The second kappa shape index (κ2) is 7.09. The molecule has 1 unspecified atom stereocenters. The largest absolute Gasteiger partial charge is 0.481 e. The fourth-order valence-corrected chi connectivity index (χ4v) is 1.98. The molecule has 2 rings (SSSR count). The maximum atomic E-state index is 12.0. The van der Waals surface area contributed by atoms with E-state index in [2.05, 4.69) is 20.8 Å². The van der Waals surface area contributed by atoms with Crippen molar-refractivity contribution in [2.75, 3.05) is 5.43 Å². The highest BCUT2D eigenvalue weighted by Gasteiger charge is 2.15. The van der Waals surface area contributed by atoms with Crippen LogP contribution in [0.15, 0.2) is 30.3 Å². The molecule has 7 heteroatoms. The van der Waals surface area contributed by atoms with Crippen molar-refractivity contribution in [3.63, 3.8) is 0 Å². The minimum atomic E-state index is -0.697. The van der Waals surface area contributed by atoms with Crippen molar-refractivity contribution in [1.82, 2.24) is 15.4 Å². The highest BCUT2D eigenvalue weighted by Crippen LogP contribution is 2.18. The normalized spacial score (nSPS) is 11.6. The lowest BCUT2D eigenvalue weighted by Gasteiger charge is -2.15. The summed E-state index contributed by atoms with van der Waals surface area (Å²) in [7, 11) is 0. The van der Waals surface area contributed by atoms with Crippen molar-refractivity contribution < 1.29 is 9.53 Å². The predicted octanol–water partition coefficient (Wildman–Crippen LogP) is 2.66. The molecule has 1 aromatic carbocycles. The zero-order valence-electron chi connectivity index (χ0n) is 12.6. The van der Waals surface area contributed by atoms with E-state index in [0.717, 1.165) is 11.4 Å². The summed E-state index contributed by atoms with van der Waals surface area (Å²) in [5.41, 5.74) is 6.82. The van der Waals surface area contributed by atoms with Gasteiger partial charge in [0, 0.05) is 16.4 Å². The third kappa shape index (κ3) is 4.60. The van der Waals surface area contributed by atoms with Gasteiger partial charge in [0.15, 0.2) is 6.10 Å². The van der Waals surface area contributed by atoms with Crippen LogP contribution in [0.2, 0.25) is 5.02 Å². The van der Waals surface area contributed by atoms with Crippen LogP contribution in [0.5, 0.6) is 5.75 Å². The van der Waals surface area contributed by atoms with Crippen molar-refractivity contribution in [3.05, 3.63) is 46.7 Å². The zero-order valence-corrected chi connectivity index (χ0v) is 13.3. The van der Waals surface area contributed by atoms with Gasteiger partial charge in [-0.3, -0.25) is 15.6 Å². The van der Waals surface area contributed by atoms with E-state index < -0.39 is 6.10 Å². The van der Waals surface area contributed by atoms with Gasteiger partial charge in [-0.25, -0.2) is 9.97 Å². The molecule has 0 radical (unpaired) electrons. The lowest BCUT2D eigenvalue weighted by Crippen LogP contribution is -2.40. The molecule has 0 bridgehead atoms. The zero-order chi connectivity index (χ0) is 16.1. The van der Waals surface area contributed by atoms with E-state index >= 15 is 0 Å². The van der Waals surface area contributed by atoms with E-state index in [-0.39, 0.29) is 5.91 Å². The van der Waals surface area contributed by atoms with Crippen LogP contribution in [-0.4, -0.2) is 22.0 Å². The first kappa shape index (κ1) is 16.0. The molecule has 0 aliphatic heterocycles. The summed E-state index contributed by atoms with van der Waals surface area (Å²) >= 11 is 5.87. The third-order valence-corrected chi connectivity index (χ3v) is 2.99. The summed E-state index contributed by atoms with van der Waals surface area (Å²) in [6.07, 6.45) is -0.697. The minimum absolute atomic E-state index is 0.334. The van der Waals surface area contributed by atoms with Gasteiger partial charge in [-0.1, -0.05) is 17.7 Å². The van der Waals surface area contributed by atoms with Crippen LogP contribution in [0.4, 0.5) is 5.95 Å². The molecule has 116 valence electrons. The second-order valence-electron chi connectivity index (χ2n) is 4.81. The lowest BCUT2D eigenvalue weighted by atomic mass is 10.3. The lowest BCUT2D eigenvalue weighted by molar-refractivity contribution is -0.126. The summed E-state index contributed by atoms with van der Waals surface area (Å²) in [5.74, 6) is 0.515. The maximum absolute atomic E-state index is 12.0. The molecule has 1 aromatic heterocycles. The van der Waals surface area contributed by atoms with Crippen molar-refractivity contribution in [2.45, 2.75) is 26.9 Å². The fourth-order valence-electron chi connectivity index (χ4n) is 1.80. The van der Waals surface area contributed by atoms with E-state index in [4.69, 9.17) is 16.3 Å². The SMILES string of the molecule is Cc1cc(C)nc(NNC(=O)C(C)Oc2cccc(Cl)c2)n1. The van der Waals surface area contributed by atoms with Gasteiger partial charge in [-0.2, -0.15) is 0 Å². The Labute approximate surface area is 133 Å². The number of ether oxygens (including phenoxy) is 1. The van der Waals surface area contributed by atoms with E-state index in [1.54, 1.807) is 31.2 Å². The number of aromatic nitrogens is 2. The van der Waals surface area contributed by atoms with Crippen LogP contribution in [-0.2, 0) is 4.79 Å². The van der Waals surface area contributed by atoms with Crippen molar-refractivity contribution in [2.24, 2.45) is 0 Å². The Hall–Kier alpha value is -2.34. The molecule has 22 heavy (non-hydrogen) atoms. The van der Waals surface area contributed by atoms with Crippen LogP contribution >= 0.6 is 11.6 Å². The van der Waals surface area contributed by atoms with Crippen LogP contribution in [0, 0.1) is 13.8 Å². The molecule has 0 aliphatic rings. The first-order valence-corrected chi connectivity index (χ1v) is 7.12. The number of anilines is 1. The third-order valence-electron chi connectivity index (χ3n) is 2.76. The average Bonchev–Trinajstić information content (AvgIpc) is 2.43. The first-order chi connectivity index (χ1) is 10.4. The number of aryl methyl sites for hydroxylation is 2. The van der Waals surface area contributed by atoms with Crippen molar-refractivity contribution >= 4 is 23.5 Å². The van der Waals surface area contributed by atoms with Crippen LogP contribution < -0.4 is 15.6 Å². The number of amides is 1. The number of nitrogens with one attached hydrogen (secondary N) is 2. The van der Waals surface area contributed by atoms with Gasteiger partial charge in [0.05, 0.1) is 0 Å². The minimum Gasteiger partial charge on any atom is -0.481 e. The van der Waals surface area contributed by atoms with Gasteiger partial charge < -0.3 is 4.74 Å². The number of benzene rings is 1. The fraction of sp³-hybridized carbons (Fsp3) is 0.267. The number of carbonyl (C=O) groups excluding carboxylic acids is 1. The maximum Gasteiger partial charge on any atom is 0.279 e. The number of halogens is 1. The quantitative estimate of drug-likeness (QED) is 0.828. The summed E-state index contributed by atoms with van der Waals surface area (Å²) in [6.45, 7) is 5.35. The number of hydrazine groups is 1. The predicted molar refractivity (Wildman–Crippen MR) is 84.8 cm³/mol. The number of nitrogens with zero attached hydrogens (tertiary/aromatic N) is 2. The topological polar surface area (TPSA) is 76.1 Å². The number of carbonyl (C=O) groups is 1. The van der Waals surface area contributed by atoms with Gasteiger partial charge in [0.1, 0.15) is 5.75 Å². The molecule has 0 saturated carbocycles. The van der Waals surface area contributed by atoms with Crippen LogP contribution in [0.25, 0.3) is 0 Å². The molecule has 0 aliphatic carbocycles. The molecule has 2 aromatic rings. The Morgan fingerprint density at radius 3 is 2.55 bits per heavy atom. The van der Waals surface area contributed by atoms with E-state index in [9.17, 15) is 4.79 Å². The number of hydrogen-bond acceptors (Lipinski definition) is 5. The molecular weight excluding hydrogens is 304 g/mol. The van der Waals surface area contributed by atoms with E-state index in [0.29, 0.717) is 16.7 Å². The van der Waals surface area contributed by atoms with Crippen molar-refractivity contribution in [3.8, 4) is 5.75 Å². The molecule has 2 N–H and O–H groups in total. The number of rotatable bonds is 5. The monoisotopic (exact) mass is 320 g/mol. The van der Waals surface area contributed by atoms with Gasteiger partial charge >= 0.3 is 0 Å². The van der Waals surface area contributed by atoms with E-state index in [1.165, 1.54) is 0 Å². The first-order valence-electron chi connectivity index (χ1n) is 6.74. The van der Waals surface area contributed by atoms with Crippen LogP contribution in [0.3, 0.4) is 0 Å². The van der Waals surface area contributed by atoms with Gasteiger partial charge in [-0.05, 0) is 45.0 Å². The Bertz CT molecular complexity index is 658. The van der Waals surface area contributed by atoms with E-state index in [1.807, 2.05) is 19.9 Å². The number of hydrogen-bond donors (Lipinski definition) is 2. The van der Waals surface area contributed by atoms with Gasteiger partial charge in [-0.15, -0.1) is 0 Å². The standard InChI is InChI=1S/C15H17ClN4O2/c1-9-7-10(2)18-15(17-9)20-19-14(21)11(3)22-13-6-4-5-12(16)8-13/h4-8,11H,1-3H3,(H,19,21)(H,17,18,20). The Morgan fingerprint density at radius 1 is 1.23 bits per heavy atom. The molecule has 6 nitrogen and oxygen atoms in total. The summed E-state index contributed by atoms with van der Waals surface area (Å²) < 4.78 is 5.52. The molecule has 1 atom stereocenters. The van der Waals surface area contributed by atoms with Crippen LogP contribution in [0.1, 0.15) is 18.3 Å². The average molecular weight is 321 g/mol. The molecule has 1 heterocycles. The molecular formula is C15H17ClN4O2. The summed E-state index contributed by atoms with van der Waals surface area (Å²) in [4.78, 5) is 20.3.